The number of aliphatic hydroxyl groups is 1. The van der Waals surface area contributed by atoms with Crippen molar-refractivity contribution in [3.05, 3.63) is 101 Å². The van der Waals surface area contributed by atoms with Gasteiger partial charge in [-0.2, -0.15) is 4.31 Å². The summed E-state index contributed by atoms with van der Waals surface area (Å²) in [6.45, 7) is 3.76. The second kappa shape index (κ2) is 8.91. The normalized spacial score (nSPS) is 19.8. The largest absolute Gasteiger partial charge is 0.396 e. The highest BCUT2D eigenvalue weighted by molar-refractivity contribution is 7.90. The maximum absolute atomic E-state index is 13.9. The third-order valence-electron chi connectivity index (χ3n) is 7.57. The summed E-state index contributed by atoms with van der Waals surface area (Å²) in [6, 6.07) is 18.5. The van der Waals surface area contributed by atoms with Crippen molar-refractivity contribution in [1.82, 2.24) is 8.28 Å². The van der Waals surface area contributed by atoms with Crippen LogP contribution in [0.2, 0.25) is 0 Å². The Kier molecular flexibility index (Phi) is 5.88. The second-order valence-corrected chi connectivity index (χ2v) is 13.8. The van der Waals surface area contributed by atoms with Crippen LogP contribution in [-0.4, -0.2) is 49.4 Å². The SMILES string of the molecule is Cc1ccc(S(=O)(=O)N2C[C@@H](CO)C=C3c4cccc5c4c(cn5S(=O)(=O)c4ccc(C)cc4)C[C@H]32)cc1. The molecule has 1 aliphatic carbocycles. The summed E-state index contributed by atoms with van der Waals surface area (Å²) >= 11 is 0. The number of rotatable bonds is 5. The molecule has 1 aliphatic heterocycles. The Bertz CT molecular complexity index is 1800. The first-order chi connectivity index (χ1) is 18.1. The lowest BCUT2D eigenvalue weighted by Crippen LogP contribution is -2.48. The molecule has 6 rings (SSSR count). The fourth-order valence-corrected chi connectivity index (χ4v) is 8.64. The molecule has 7 nitrogen and oxygen atoms in total. The van der Waals surface area contributed by atoms with Gasteiger partial charge in [-0.3, -0.25) is 0 Å². The molecule has 0 amide bonds. The Morgan fingerprint density at radius 1 is 0.842 bits per heavy atom. The van der Waals surface area contributed by atoms with Crippen LogP contribution in [0.15, 0.2) is 88.8 Å². The summed E-state index contributed by atoms with van der Waals surface area (Å²) in [5.74, 6) is -0.378. The summed E-state index contributed by atoms with van der Waals surface area (Å²) in [7, 11) is -7.75. The molecule has 0 unspecified atom stereocenters. The highest BCUT2D eigenvalue weighted by Crippen LogP contribution is 2.44. The van der Waals surface area contributed by atoms with Crippen molar-refractivity contribution >= 4 is 36.5 Å². The van der Waals surface area contributed by atoms with Crippen LogP contribution in [0.3, 0.4) is 0 Å². The van der Waals surface area contributed by atoms with Gasteiger partial charge in [0.15, 0.2) is 0 Å². The number of aromatic nitrogens is 1. The fraction of sp³-hybridized carbons (Fsp3) is 0.241. The van der Waals surface area contributed by atoms with Crippen LogP contribution >= 0.6 is 0 Å². The number of benzene rings is 3. The molecule has 1 aromatic heterocycles. The van der Waals surface area contributed by atoms with Crippen LogP contribution in [0, 0.1) is 19.8 Å². The Morgan fingerprint density at radius 3 is 2.05 bits per heavy atom. The van der Waals surface area contributed by atoms with E-state index in [4.69, 9.17) is 0 Å². The number of hydrogen-bond acceptors (Lipinski definition) is 5. The van der Waals surface area contributed by atoms with Gasteiger partial charge in [0.2, 0.25) is 10.0 Å². The second-order valence-electron chi connectivity index (χ2n) is 10.1. The Labute approximate surface area is 222 Å². The van der Waals surface area contributed by atoms with Crippen LogP contribution in [0.5, 0.6) is 0 Å². The van der Waals surface area contributed by atoms with E-state index in [1.54, 1.807) is 66.9 Å². The molecule has 2 aliphatic rings. The minimum atomic E-state index is -3.88. The van der Waals surface area contributed by atoms with E-state index in [0.29, 0.717) is 11.9 Å². The van der Waals surface area contributed by atoms with Gasteiger partial charge in [0.05, 0.1) is 28.0 Å². The Hall–Kier alpha value is -3.24. The van der Waals surface area contributed by atoms with Crippen molar-refractivity contribution in [3.63, 3.8) is 0 Å². The number of hydrogen-bond donors (Lipinski definition) is 1. The average Bonchev–Trinajstić information content (AvgIpc) is 3.29. The molecule has 1 N–H and O–H groups in total. The van der Waals surface area contributed by atoms with Crippen molar-refractivity contribution in [3.8, 4) is 0 Å². The van der Waals surface area contributed by atoms with Gasteiger partial charge in [-0.1, -0.05) is 53.6 Å². The van der Waals surface area contributed by atoms with Gasteiger partial charge in [-0.15, -0.1) is 0 Å². The first kappa shape index (κ1) is 25.1. The lowest BCUT2D eigenvalue weighted by atomic mass is 9.81. The van der Waals surface area contributed by atoms with Gasteiger partial charge in [-0.05, 0) is 67.3 Å². The van der Waals surface area contributed by atoms with Crippen LogP contribution in [-0.2, 0) is 26.5 Å². The molecule has 38 heavy (non-hydrogen) atoms. The summed E-state index contributed by atoms with van der Waals surface area (Å²) in [5, 5.41) is 10.9. The van der Waals surface area contributed by atoms with Gasteiger partial charge in [0.25, 0.3) is 10.0 Å². The van der Waals surface area contributed by atoms with Gasteiger partial charge in [0, 0.05) is 24.0 Å². The van der Waals surface area contributed by atoms with Crippen molar-refractivity contribution in [2.75, 3.05) is 13.2 Å². The topological polar surface area (TPSA) is 96.7 Å². The minimum absolute atomic E-state index is 0.147. The number of fused-ring (bicyclic) bond motifs is 2. The number of aliphatic hydroxyl groups excluding tert-OH is 1. The molecule has 0 saturated heterocycles. The van der Waals surface area contributed by atoms with E-state index in [9.17, 15) is 21.9 Å². The molecule has 0 radical (unpaired) electrons. The van der Waals surface area contributed by atoms with Crippen LogP contribution in [0.4, 0.5) is 0 Å². The van der Waals surface area contributed by atoms with Crippen molar-refractivity contribution < 1.29 is 21.9 Å². The Morgan fingerprint density at radius 2 is 1.45 bits per heavy atom. The minimum Gasteiger partial charge on any atom is -0.396 e. The van der Waals surface area contributed by atoms with Crippen molar-refractivity contribution in [2.45, 2.75) is 36.1 Å². The van der Waals surface area contributed by atoms with E-state index in [1.165, 1.54) is 8.28 Å². The molecule has 3 aromatic carbocycles. The van der Waals surface area contributed by atoms with Crippen LogP contribution in [0.1, 0.15) is 22.3 Å². The first-order valence-corrected chi connectivity index (χ1v) is 15.4. The van der Waals surface area contributed by atoms with Crippen LogP contribution in [0.25, 0.3) is 16.5 Å². The van der Waals surface area contributed by atoms with E-state index in [2.05, 4.69) is 0 Å². The molecule has 2 heterocycles. The molecule has 0 saturated carbocycles. The monoisotopic (exact) mass is 548 g/mol. The zero-order valence-corrected chi connectivity index (χ0v) is 22.7. The highest BCUT2D eigenvalue weighted by atomic mass is 32.2. The van der Waals surface area contributed by atoms with E-state index < -0.39 is 26.1 Å². The molecule has 0 bridgehead atoms. The van der Waals surface area contributed by atoms with Crippen molar-refractivity contribution in [2.24, 2.45) is 5.92 Å². The number of sulfonamides is 1. The number of aryl methyl sites for hydroxylation is 2. The smallest absolute Gasteiger partial charge is 0.268 e. The first-order valence-electron chi connectivity index (χ1n) is 12.5. The highest BCUT2D eigenvalue weighted by Gasteiger charge is 2.42. The van der Waals surface area contributed by atoms with Crippen LogP contribution < -0.4 is 0 Å². The number of nitrogens with zero attached hydrogens (tertiary/aromatic N) is 2. The van der Waals surface area contributed by atoms with E-state index in [1.807, 2.05) is 26.0 Å². The van der Waals surface area contributed by atoms with Gasteiger partial charge >= 0.3 is 0 Å². The quantitative estimate of drug-likeness (QED) is 0.405. The fourth-order valence-electron chi connectivity index (χ4n) is 5.60. The van der Waals surface area contributed by atoms with Gasteiger partial charge in [0.1, 0.15) is 0 Å². The predicted molar refractivity (Wildman–Crippen MR) is 147 cm³/mol. The maximum atomic E-state index is 13.9. The third kappa shape index (κ3) is 3.84. The molecule has 0 fully saturated rings. The predicted octanol–water partition coefficient (Wildman–Crippen LogP) is 4.12. The van der Waals surface area contributed by atoms with E-state index >= 15 is 0 Å². The molecule has 196 valence electrons. The molecule has 4 aromatic rings. The lowest BCUT2D eigenvalue weighted by Gasteiger charge is -2.40. The average molecular weight is 549 g/mol. The third-order valence-corrected chi connectivity index (χ3v) is 11.2. The van der Waals surface area contributed by atoms with E-state index in [-0.39, 0.29) is 28.9 Å². The van der Waals surface area contributed by atoms with E-state index in [0.717, 1.165) is 33.2 Å². The summed E-state index contributed by atoms with van der Waals surface area (Å²) in [5.41, 5.74) is 4.85. The molecular formula is C29H28N2O5S2. The lowest BCUT2D eigenvalue weighted by molar-refractivity contribution is 0.212. The molecule has 2 atom stereocenters. The maximum Gasteiger partial charge on any atom is 0.268 e. The molecular weight excluding hydrogens is 520 g/mol. The summed E-state index contributed by atoms with van der Waals surface area (Å²) in [6.07, 6.45) is 3.92. The van der Waals surface area contributed by atoms with Crippen molar-refractivity contribution in [1.29, 1.82) is 0 Å². The van der Waals surface area contributed by atoms with Gasteiger partial charge < -0.3 is 5.11 Å². The zero-order chi connectivity index (χ0) is 26.8. The standard InChI is InChI=1S/C29H28N2O5S2/c1-19-6-10-23(11-7-19)37(33,34)30-16-21(18-32)14-26-25-4-3-5-27-29(25)22(15-28(26)30)17-31(27)38(35,36)24-12-8-20(2)9-13-24/h3-14,17,21,28,32H,15-16,18H2,1-2H3/t21-,28+/m0/s1. The molecule has 0 spiro atoms. The molecule has 9 heteroatoms. The summed E-state index contributed by atoms with van der Waals surface area (Å²) in [4.78, 5) is 0.390. The zero-order valence-electron chi connectivity index (χ0n) is 21.1. The Balaban J connectivity index is 1.51. The van der Waals surface area contributed by atoms with Gasteiger partial charge in [-0.25, -0.2) is 20.8 Å². The summed E-state index contributed by atoms with van der Waals surface area (Å²) < 4.78 is 57.9.